The molecule has 0 radical (unpaired) electrons. The number of nitrogens with two attached hydrogens (primary N) is 1. The van der Waals surface area contributed by atoms with Gasteiger partial charge in [-0.25, -0.2) is 0 Å². The van der Waals surface area contributed by atoms with Gasteiger partial charge in [-0.15, -0.1) is 0 Å². The van der Waals surface area contributed by atoms with Gasteiger partial charge in [0.1, 0.15) is 0 Å². The lowest BCUT2D eigenvalue weighted by Gasteiger charge is -2.46. The van der Waals surface area contributed by atoms with Crippen molar-refractivity contribution >= 4 is 0 Å². The maximum Gasteiger partial charge on any atom is 0.00844 e. The van der Waals surface area contributed by atoms with E-state index < -0.39 is 0 Å². The van der Waals surface area contributed by atoms with Crippen molar-refractivity contribution in [2.24, 2.45) is 16.6 Å². The summed E-state index contributed by atoms with van der Waals surface area (Å²) in [7, 11) is 0. The van der Waals surface area contributed by atoms with E-state index in [0.717, 1.165) is 0 Å². The van der Waals surface area contributed by atoms with E-state index in [0.29, 0.717) is 29.0 Å². The Morgan fingerprint density at radius 3 is 2.11 bits per heavy atom. The van der Waals surface area contributed by atoms with Gasteiger partial charge >= 0.3 is 0 Å². The molecule has 0 heterocycles. The van der Waals surface area contributed by atoms with Gasteiger partial charge in [0.25, 0.3) is 0 Å². The third kappa shape index (κ3) is 3.96. The zero-order chi connectivity index (χ0) is 13.4. The van der Waals surface area contributed by atoms with E-state index in [2.05, 4.69) is 33.0 Å². The molecule has 2 atom stereocenters. The molecule has 2 saturated carbocycles. The molecule has 0 aromatic heterocycles. The highest BCUT2D eigenvalue weighted by molar-refractivity contribution is 4.94. The van der Waals surface area contributed by atoms with Crippen LogP contribution in [-0.4, -0.2) is 18.1 Å². The smallest absolute Gasteiger partial charge is 0.00844 e. The molecule has 2 rings (SSSR count). The summed E-state index contributed by atoms with van der Waals surface area (Å²) in [6, 6.07) is 1.79. The largest absolute Gasteiger partial charge is 0.328 e. The molecule has 18 heavy (non-hydrogen) atoms. The molecule has 0 saturated heterocycles. The molecular weight excluding hydrogens is 220 g/mol. The van der Waals surface area contributed by atoms with Gasteiger partial charge in [-0.1, -0.05) is 34.1 Å². The predicted molar refractivity (Wildman–Crippen MR) is 78.6 cm³/mol. The molecule has 2 aliphatic carbocycles. The number of hydrogen-bond donors (Lipinski definition) is 2. The third-order valence-corrected chi connectivity index (χ3v) is 4.74. The Balaban J connectivity index is 1.92. The summed E-state index contributed by atoms with van der Waals surface area (Å²) in [5.74, 6) is 0. The zero-order valence-corrected chi connectivity index (χ0v) is 12.8. The molecule has 0 bridgehead atoms. The second-order valence-electron chi connectivity index (χ2n) is 8.40. The Morgan fingerprint density at radius 1 is 0.944 bits per heavy atom. The van der Waals surface area contributed by atoms with Crippen LogP contribution in [0.15, 0.2) is 0 Å². The SMILES string of the molecule is CC1(C)CC(NC2CCCC(N)C2)CC(C)(C)C1. The Bertz CT molecular complexity index is 267. The van der Waals surface area contributed by atoms with Crippen LogP contribution in [0.5, 0.6) is 0 Å². The Hall–Kier alpha value is -0.0800. The van der Waals surface area contributed by atoms with Crippen LogP contribution in [0.2, 0.25) is 0 Å². The zero-order valence-electron chi connectivity index (χ0n) is 12.8. The first kappa shape index (κ1) is 14.3. The molecule has 2 unspecified atom stereocenters. The highest BCUT2D eigenvalue weighted by Gasteiger charge is 2.39. The lowest BCUT2D eigenvalue weighted by molar-refractivity contribution is 0.0770. The molecule has 2 fully saturated rings. The van der Waals surface area contributed by atoms with Crippen molar-refractivity contribution in [3.8, 4) is 0 Å². The number of nitrogens with one attached hydrogen (secondary N) is 1. The van der Waals surface area contributed by atoms with Crippen LogP contribution >= 0.6 is 0 Å². The summed E-state index contributed by atoms with van der Waals surface area (Å²) < 4.78 is 0. The Morgan fingerprint density at radius 2 is 1.56 bits per heavy atom. The number of rotatable bonds is 2. The van der Waals surface area contributed by atoms with E-state index in [1.807, 2.05) is 0 Å². The fourth-order valence-electron chi connectivity index (χ4n) is 4.68. The van der Waals surface area contributed by atoms with E-state index >= 15 is 0 Å². The predicted octanol–water partition coefficient (Wildman–Crippen LogP) is 3.45. The molecule has 0 aliphatic heterocycles. The summed E-state index contributed by atoms with van der Waals surface area (Å²) in [5, 5.41) is 3.92. The average molecular weight is 252 g/mol. The first-order valence-corrected chi connectivity index (χ1v) is 7.77. The van der Waals surface area contributed by atoms with Crippen LogP contribution < -0.4 is 11.1 Å². The Kier molecular flexibility index (Phi) is 4.08. The molecule has 2 heteroatoms. The van der Waals surface area contributed by atoms with Crippen molar-refractivity contribution in [1.29, 1.82) is 0 Å². The van der Waals surface area contributed by atoms with Crippen LogP contribution in [0.4, 0.5) is 0 Å². The molecule has 0 amide bonds. The summed E-state index contributed by atoms with van der Waals surface area (Å²) in [6.07, 6.45) is 9.02. The standard InChI is InChI=1S/C16H32N2/c1-15(2)9-14(10-16(3,4)11-15)18-13-7-5-6-12(17)8-13/h12-14,18H,5-11,17H2,1-4H3. The molecule has 3 N–H and O–H groups in total. The van der Waals surface area contributed by atoms with Crippen molar-refractivity contribution in [1.82, 2.24) is 5.32 Å². The maximum atomic E-state index is 6.10. The van der Waals surface area contributed by atoms with E-state index in [4.69, 9.17) is 5.73 Å². The van der Waals surface area contributed by atoms with Gasteiger partial charge in [0.05, 0.1) is 0 Å². The van der Waals surface area contributed by atoms with Gasteiger partial charge in [0, 0.05) is 18.1 Å². The minimum Gasteiger partial charge on any atom is -0.328 e. The first-order valence-electron chi connectivity index (χ1n) is 7.77. The Labute approximate surface area is 113 Å². The average Bonchev–Trinajstić information content (AvgIpc) is 2.11. The quantitative estimate of drug-likeness (QED) is 0.790. The molecule has 2 aliphatic rings. The van der Waals surface area contributed by atoms with Crippen LogP contribution in [0.1, 0.15) is 72.6 Å². The topological polar surface area (TPSA) is 38.0 Å². The van der Waals surface area contributed by atoms with Crippen molar-refractivity contribution in [2.75, 3.05) is 0 Å². The molecule has 0 spiro atoms. The van der Waals surface area contributed by atoms with Crippen molar-refractivity contribution < 1.29 is 0 Å². The minimum atomic E-state index is 0.431. The van der Waals surface area contributed by atoms with Gasteiger partial charge in [0.2, 0.25) is 0 Å². The van der Waals surface area contributed by atoms with Crippen LogP contribution in [0.3, 0.4) is 0 Å². The lowest BCUT2D eigenvalue weighted by Crippen LogP contribution is -2.49. The summed E-state index contributed by atoms with van der Waals surface area (Å²) in [5.41, 5.74) is 7.06. The number of hydrogen-bond acceptors (Lipinski definition) is 2. The molecule has 2 nitrogen and oxygen atoms in total. The highest BCUT2D eigenvalue weighted by atomic mass is 15.0. The first-order chi connectivity index (χ1) is 8.26. The van der Waals surface area contributed by atoms with Crippen LogP contribution in [0, 0.1) is 10.8 Å². The van der Waals surface area contributed by atoms with Gasteiger partial charge in [-0.2, -0.15) is 0 Å². The summed E-state index contributed by atoms with van der Waals surface area (Å²) >= 11 is 0. The molecule has 0 aromatic rings. The summed E-state index contributed by atoms with van der Waals surface area (Å²) in [4.78, 5) is 0. The molecule has 0 aromatic carbocycles. The third-order valence-electron chi connectivity index (χ3n) is 4.74. The lowest BCUT2D eigenvalue weighted by atomic mass is 9.63. The van der Waals surface area contributed by atoms with E-state index in [1.165, 1.54) is 44.9 Å². The second kappa shape index (κ2) is 5.13. The monoisotopic (exact) mass is 252 g/mol. The van der Waals surface area contributed by atoms with E-state index in [9.17, 15) is 0 Å². The van der Waals surface area contributed by atoms with E-state index in [-0.39, 0.29) is 0 Å². The molecule has 106 valence electrons. The van der Waals surface area contributed by atoms with Gasteiger partial charge in [-0.3, -0.25) is 0 Å². The van der Waals surface area contributed by atoms with Crippen molar-refractivity contribution in [2.45, 2.75) is 90.8 Å². The van der Waals surface area contributed by atoms with Crippen LogP contribution in [0.25, 0.3) is 0 Å². The van der Waals surface area contributed by atoms with Gasteiger partial charge in [0.15, 0.2) is 0 Å². The fourth-order valence-corrected chi connectivity index (χ4v) is 4.68. The highest BCUT2D eigenvalue weighted by Crippen LogP contribution is 2.45. The minimum absolute atomic E-state index is 0.431. The fraction of sp³-hybridized carbons (Fsp3) is 1.00. The summed E-state index contributed by atoms with van der Waals surface area (Å²) in [6.45, 7) is 9.70. The van der Waals surface area contributed by atoms with Crippen LogP contribution in [-0.2, 0) is 0 Å². The molecular formula is C16H32N2. The van der Waals surface area contributed by atoms with Crippen molar-refractivity contribution in [3.05, 3.63) is 0 Å². The van der Waals surface area contributed by atoms with Gasteiger partial charge < -0.3 is 11.1 Å². The normalized spacial score (nSPS) is 36.5. The second-order valence-corrected chi connectivity index (χ2v) is 8.40. The van der Waals surface area contributed by atoms with E-state index in [1.54, 1.807) is 0 Å². The van der Waals surface area contributed by atoms with Gasteiger partial charge in [-0.05, 0) is 49.4 Å². The van der Waals surface area contributed by atoms with Crippen molar-refractivity contribution in [3.63, 3.8) is 0 Å². The maximum absolute atomic E-state index is 6.10.